The molecule has 2 aliphatic heterocycles. The number of para-hydroxylation sites is 1. The van der Waals surface area contributed by atoms with Crippen molar-refractivity contribution in [2.75, 3.05) is 26.8 Å². The molecule has 4 rings (SSSR count). The van der Waals surface area contributed by atoms with Crippen molar-refractivity contribution in [1.82, 2.24) is 10.2 Å². The molecule has 29 heavy (non-hydrogen) atoms. The van der Waals surface area contributed by atoms with E-state index in [2.05, 4.69) is 5.32 Å². The molecule has 2 saturated heterocycles. The van der Waals surface area contributed by atoms with E-state index in [1.165, 1.54) is 0 Å². The maximum absolute atomic E-state index is 12.9. The average Bonchev–Trinajstić information content (AvgIpc) is 2.77. The minimum absolute atomic E-state index is 0.0303. The molecule has 1 N–H and O–H groups in total. The predicted octanol–water partition coefficient (Wildman–Crippen LogP) is 2.27. The van der Waals surface area contributed by atoms with Crippen molar-refractivity contribution < 1.29 is 19.1 Å². The van der Waals surface area contributed by atoms with Gasteiger partial charge in [-0.2, -0.15) is 0 Å². The van der Waals surface area contributed by atoms with Gasteiger partial charge in [-0.25, -0.2) is 0 Å². The van der Waals surface area contributed by atoms with Crippen molar-refractivity contribution in [1.29, 1.82) is 0 Å². The Balaban J connectivity index is 1.46. The van der Waals surface area contributed by atoms with Crippen molar-refractivity contribution in [3.63, 3.8) is 0 Å². The number of hydrogen-bond acceptors (Lipinski definition) is 4. The van der Waals surface area contributed by atoms with Gasteiger partial charge in [0.2, 0.25) is 11.8 Å². The number of methoxy groups -OCH3 is 1. The number of rotatable bonds is 5. The number of piperidine rings is 1. The average molecular weight is 394 g/mol. The summed E-state index contributed by atoms with van der Waals surface area (Å²) in [5.41, 5.74) is 1.48. The van der Waals surface area contributed by atoms with Crippen LogP contribution in [0.4, 0.5) is 0 Å². The van der Waals surface area contributed by atoms with Gasteiger partial charge in [0.1, 0.15) is 18.5 Å². The molecule has 0 spiro atoms. The monoisotopic (exact) mass is 394 g/mol. The molecule has 6 heteroatoms. The van der Waals surface area contributed by atoms with E-state index in [1.54, 1.807) is 7.11 Å². The van der Waals surface area contributed by atoms with Gasteiger partial charge < -0.3 is 19.7 Å². The molecule has 2 atom stereocenters. The van der Waals surface area contributed by atoms with Gasteiger partial charge in [0.25, 0.3) is 0 Å². The summed E-state index contributed by atoms with van der Waals surface area (Å²) in [5.74, 6) is 0.791. The van der Waals surface area contributed by atoms with Crippen molar-refractivity contribution in [2.45, 2.75) is 30.9 Å². The molecule has 2 aliphatic rings. The van der Waals surface area contributed by atoms with Gasteiger partial charge in [-0.1, -0.05) is 48.5 Å². The van der Waals surface area contributed by atoms with Crippen LogP contribution in [-0.2, 0) is 26.3 Å². The molecule has 0 saturated carbocycles. The first kappa shape index (κ1) is 19.5. The van der Waals surface area contributed by atoms with Crippen LogP contribution in [0, 0.1) is 0 Å². The number of aryl methyl sites for hydroxylation is 1. The zero-order chi connectivity index (χ0) is 20.3. The fourth-order valence-corrected chi connectivity index (χ4v) is 4.39. The lowest BCUT2D eigenvalue weighted by atomic mass is 9.77. The number of benzene rings is 2. The number of carbonyl (C=O) groups excluding carboxylic acids is 2. The van der Waals surface area contributed by atoms with Crippen LogP contribution in [0.25, 0.3) is 0 Å². The molecule has 2 fully saturated rings. The molecule has 2 aromatic rings. The standard InChI is InChI=1S/C23H26N2O4/c1-28-19-10-6-5-7-17(19)11-12-22(27)25-14-13-23(18-8-3-2-4-9-18)20(15-25)29-16-21(26)24-23/h2-10,20H,11-16H2,1H3,(H,24,26)/t20-,23+/m1/s1. The summed E-state index contributed by atoms with van der Waals surface area (Å²) in [6, 6.07) is 17.7. The first-order valence-electron chi connectivity index (χ1n) is 10.0. The van der Waals surface area contributed by atoms with E-state index in [0.29, 0.717) is 32.4 Å². The molecule has 0 aromatic heterocycles. The van der Waals surface area contributed by atoms with Crippen LogP contribution in [-0.4, -0.2) is 49.6 Å². The van der Waals surface area contributed by atoms with Crippen molar-refractivity contribution in [3.05, 3.63) is 65.7 Å². The fraction of sp³-hybridized carbons (Fsp3) is 0.391. The minimum atomic E-state index is -0.573. The van der Waals surface area contributed by atoms with Crippen molar-refractivity contribution in [2.24, 2.45) is 0 Å². The topological polar surface area (TPSA) is 67.9 Å². The lowest BCUT2D eigenvalue weighted by Crippen LogP contribution is -2.67. The van der Waals surface area contributed by atoms with Crippen LogP contribution < -0.4 is 10.1 Å². The van der Waals surface area contributed by atoms with Crippen LogP contribution in [0.5, 0.6) is 5.75 Å². The third-order valence-corrected chi connectivity index (χ3v) is 5.93. The van der Waals surface area contributed by atoms with E-state index in [0.717, 1.165) is 16.9 Å². The lowest BCUT2D eigenvalue weighted by Gasteiger charge is -2.50. The van der Waals surface area contributed by atoms with Gasteiger partial charge >= 0.3 is 0 Å². The number of nitrogens with zero attached hydrogens (tertiary/aromatic N) is 1. The molecule has 2 heterocycles. The Morgan fingerprint density at radius 3 is 2.76 bits per heavy atom. The lowest BCUT2D eigenvalue weighted by molar-refractivity contribution is -0.157. The smallest absolute Gasteiger partial charge is 0.246 e. The molecule has 152 valence electrons. The molecule has 6 nitrogen and oxygen atoms in total. The van der Waals surface area contributed by atoms with Crippen LogP contribution in [0.15, 0.2) is 54.6 Å². The summed E-state index contributed by atoms with van der Waals surface area (Å²) in [5, 5.41) is 3.16. The number of morpholine rings is 1. The fourth-order valence-electron chi connectivity index (χ4n) is 4.39. The van der Waals surface area contributed by atoms with E-state index in [4.69, 9.17) is 9.47 Å². The second-order valence-electron chi connectivity index (χ2n) is 7.59. The van der Waals surface area contributed by atoms with Gasteiger partial charge in [-0.3, -0.25) is 9.59 Å². The Labute approximate surface area is 170 Å². The van der Waals surface area contributed by atoms with Crippen LogP contribution in [0.2, 0.25) is 0 Å². The number of ether oxygens (including phenoxy) is 2. The zero-order valence-electron chi connectivity index (χ0n) is 16.6. The summed E-state index contributed by atoms with van der Waals surface area (Å²) in [6.07, 6.45) is 1.42. The summed E-state index contributed by atoms with van der Waals surface area (Å²) in [4.78, 5) is 26.9. The maximum atomic E-state index is 12.9. The van der Waals surface area contributed by atoms with Gasteiger partial charge in [-0.05, 0) is 30.0 Å². The number of fused-ring (bicyclic) bond motifs is 1. The third kappa shape index (κ3) is 3.85. The van der Waals surface area contributed by atoms with E-state index >= 15 is 0 Å². The highest BCUT2D eigenvalue weighted by atomic mass is 16.5. The highest BCUT2D eigenvalue weighted by molar-refractivity contribution is 5.80. The Morgan fingerprint density at radius 1 is 1.21 bits per heavy atom. The second kappa shape index (κ2) is 8.25. The number of amides is 2. The highest BCUT2D eigenvalue weighted by Gasteiger charge is 2.49. The maximum Gasteiger partial charge on any atom is 0.246 e. The quantitative estimate of drug-likeness (QED) is 0.845. The van der Waals surface area contributed by atoms with E-state index in [1.807, 2.05) is 59.5 Å². The first-order valence-corrected chi connectivity index (χ1v) is 10.0. The number of carbonyl (C=O) groups is 2. The molecule has 0 bridgehead atoms. The Hall–Kier alpha value is -2.86. The molecule has 0 aliphatic carbocycles. The van der Waals surface area contributed by atoms with Crippen LogP contribution in [0.3, 0.4) is 0 Å². The summed E-state index contributed by atoms with van der Waals surface area (Å²) in [7, 11) is 1.64. The molecule has 2 aromatic carbocycles. The number of nitrogens with one attached hydrogen (secondary N) is 1. The van der Waals surface area contributed by atoms with Gasteiger partial charge in [0.05, 0.1) is 12.6 Å². The molecular formula is C23H26N2O4. The Bertz CT molecular complexity index is 885. The minimum Gasteiger partial charge on any atom is -0.496 e. The summed E-state index contributed by atoms with van der Waals surface area (Å²) >= 11 is 0. The van der Waals surface area contributed by atoms with Gasteiger partial charge in [0, 0.05) is 19.5 Å². The largest absolute Gasteiger partial charge is 0.496 e. The van der Waals surface area contributed by atoms with Gasteiger partial charge in [-0.15, -0.1) is 0 Å². The van der Waals surface area contributed by atoms with Crippen LogP contribution >= 0.6 is 0 Å². The summed E-state index contributed by atoms with van der Waals surface area (Å²) < 4.78 is 11.3. The zero-order valence-corrected chi connectivity index (χ0v) is 16.6. The van der Waals surface area contributed by atoms with Crippen LogP contribution in [0.1, 0.15) is 24.0 Å². The third-order valence-electron chi connectivity index (χ3n) is 5.93. The number of likely N-dealkylation sites (tertiary alicyclic amines) is 1. The first-order chi connectivity index (χ1) is 14.1. The highest BCUT2D eigenvalue weighted by Crippen LogP contribution is 2.37. The van der Waals surface area contributed by atoms with E-state index in [-0.39, 0.29) is 24.5 Å². The SMILES string of the molecule is COc1ccccc1CCC(=O)N1CC[C@@]2(c3ccccc3)NC(=O)CO[C@@H]2C1. The number of hydrogen-bond donors (Lipinski definition) is 1. The molecule has 2 amide bonds. The Morgan fingerprint density at radius 2 is 1.97 bits per heavy atom. The van der Waals surface area contributed by atoms with Crippen molar-refractivity contribution in [3.8, 4) is 5.75 Å². The molecular weight excluding hydrogens is 368 g/mol. The molecule has 0 unspecified atom stereocenters. The molecule has 0 radical (unpaired) electrons. The second-order valence-corrected chi connectivity index (χ2v) is 7.59. The van der Waals surface area contributed by atoms with E-state index < -0.39 is 5.54 Å². The summed E-state index contributed by atoms with van der Waals surface area (Å²) in [6.45, 7) is 1.09. The normalized spacial score (nSPS) is 23.8. The van der Waals surface area contributed by atoms with Gasteiger partial charge in [0.15, 0.2) is 0 Å². The van der Waals surface area contributed by atoms with Crippen molar-refractivity contribution >= 4 is 11.8 Å². The Kier molecular flexibility index (Phi) is 5.53. The van der Waals surface area contributed by atoms with E-state index in [9.17, 15) is 9.59 Å². The predicted molar refractivity (Wildman–Crippen MR) is 109 cm³/mol.